The number of likely N-dealkylation sites (N-methyl/N-ethyl adjacent to an activating group) is 1. The Morgan fingerprint density at radius 3 is 3.24 bits per heavy atom. The van der Waals surface area contributed by atoms with E-state index in [0.717, 1.165) is 11.4 Å². The molecule has 94 valence electrons. The first-order valence-electron chi connectivity index (χ1n) is 5.81. The Morgan fingerprint density at radius 1 is 1.65 bits per heavy atom. The van der Waals surface area contributed by atoms with E-state index in [-0.39, 0.29) is 17.9 Å². The van der Waals surface area contributed by atoms with E-state index in [1.54, 1.807) is 11.3 Å². The lowest BCUT2D eigenvalue weighted by Crippen LogP contribution is -2.39. The van der Waals surface area contributed by atoms with Gasteiger partial charge in [-0.3, -0.25) is 4.79 Å². The summed E-state index contributed by atoms with van der Waals surface area (Å²) >= 11 is 1.59. The maximum absolute atomic E-state index is 11.9. The summed E-state index contributed by atoms with van der Waals surface area (Å²) in [6.07, 6.45) is 0. The Morgan fingerprint density at radius 2 is 2.53 bits per heavy atom. The molecule has 2 heterocycles. The normalized spacial score (nSPS) is 23.8. The third kappa shape index (κ3) is 3.28. The van der Waals surface area contributed by atoms with E-state index in [1.807, 2.05) is 24.4 Å². The zero-order valence-corrected chi connectivity index (χ0v) is 10.7. The average Bonchev–Trinajstić information content (AvgIpc) is 2.97. The van der Waals surface area contributed by atoms with Crippen molar-refractivity contribution in [2.45, 2.75) is 19.6 Å². The van der Waals surface area contributed by atoms with Crippen LogP contribution >= 0.6 is 11.3 Å². The number of hydrogen-bond acceptors (Lipinski definition) is 5. The van der Waals surface area contributed by atoms with E-state index in [4.69, 9.17) is 9.47 Å². The molecule has 0 aliphatic carbocycles. The lowest BCUT2D eigenvalue weighted by Gasteiger charge is -2.16. The molecule has 1 aromatic heterocycles. The molecule has 1 aliphatic heterocycles. The summed E-state index contributed by atoms with van der Waals surface area (Å²) in [5.41, 5.74) is 0. The van der Waals surface area contributed by atoms with E-state index in [0.29, 0.717) is 19.8 Å². The minimum absolute atomic E-state index is 0.0934. The monoisotopic (exact) mass is 255 g/mol. The molecule has 0 radical (unpaired) electrons. The van der Waals surface area contributed by atoms with Crippen LogP contribution in [0.2, 0.25) is 0 Å². The Bertz CT molecular complexity index is 353. The molecule has 0 aromatic carbocycles. The molecule has 1 aliphatic rings. The molecule has 0 bridgehead atoms. The van der Waals surface area contributed by atoms with Gasteiger partial charge in [-0.05, 0) is 18.0 Å². The molecule has 2 rings (SSSR count). The lowest BCUT2D eigenvalue weighted by atomic mass is 10.0. The quantitative estimate of drug-likeness (QED) is 0.808. The van der Waals surface area contributed by atoms with E-state index in [2.05, 4.69) is 5.32 Å². The summed E-state index contributed by atoms with van der Waals surface area (Å²) < 4.78 is 10.6. The fourth-order valence-corrected chi connectivity index (χ4v) is 2.51. The number of ether oxygens (including phenoxy) is 2. The van der Waals surface area contributed by atoms with Gasteiger partial charge in [-0.1, -0.05) is 13.0 Å². The van der Waals surface area contributed by atoms with Crippen molar-refractivity contribution >= 4 is 17.3 Å². The van der Waals surface area contributed by atoms with Crippen molar-refractivity contribution in [1.82, 2.24) is 5.32 Å². The van der Waals surface area contributed by atoms with Gasteiger partial charge in [0.25, 0.3) is 0 Å². The molecule has 0 amide bonds. The minimum Gasteiger partial charge on any atom is -0.460 e. The predicted octanol–water partition coefficient (Wildman–Crippen LogP) is 1.42. The van der Waals surface area contributed by atoms with Crippen molar-refractivity contribution < 1.29 is 14.3 Å². The molecule has 1 fully saturated rings. The van der Waals surface area contributed by atoms with E-state index in [9.17, 15) is 4.79 Å². The van der Waals surface area contributed by atoms with Gasteiger partial charge in [0, 0.05) is 10.9 Å². The van der Waals surface area contributed by atoms with Gasteiger partial charge in [0.05, 0.1) is 19.1 Å². The maximum atomic E-state index is 11.9. The number of carbonyl (C=O) groups excluding carboxylic acids is 1. The second-order valence-corrected chi connectivity index (χ2v) is 5.03. The van der Waals surface area contributed by atoms with Crippen LogP contribution in [0.25, 0.3) is 0 Å². The highest BCUT2D eigenvalue weighted by Gasteiger charge is 2.34. The summed E-state index contributed by atoms with van der Waals surface area (Å²) in [6.45, 7) is 4.27. The molecule has 4 nitrogen and oxygen atoms in total. The van der Waals surface area contributed by atoms with Crippen molar-refractivity contribution in [3.63, 3.8) is 0 Å². The van der Waals surface area contributed by atoms with Crippen LogP contribution in [-0.2, 0) is 20.9 Å². The van der Waals surface area contributed by atoms with Gasteiger partial charge in [0.1, 0.15) is 6.61 Å². The van der Waals surface area contributed by atoms with Crippen LogP contribution in [0.5, 0.6) is 0 Å². The molecular formula is C12H17NO3S. The summed E-state index contributed by atoms with van der Waals surface area (Å²) in [5, 5.41) is 5.22. The van der Waals surface area contributed by atoms with E-state index < -0.39 is 0 Å². The number of thiophene rings is 1. The summed E-state index contributed by atoms with van der Waals surface area (Å²) in [5.74, 6) is -0.336. The van der Waals surface area contributed by atoms with Crippen LogP contribution in [-0.4, -0.2) is 31.8 Å². The standard InChI is InChI=1S/C12H17NO3S/c1-2-13-11-8-15-7-10(11)12(14)16-6-9-4-3-5-17-9/h3-5,10-11,13H,2,6-8H2,1H3. The first kappa shape index (κ1) is 12.5. The second-order valence-electron chi connectivity index (χ2n) is 4.00. The van der Waals surface area contributed by atoms with Gasteiger partial charge in [0.2, 0.25) is 0 Å². The highest BCUT2D eigenvalue weighted by atomic mass is 32.1. The number of esters is 1. The fraction of sp³-hybridized carbons (Fsp3) is 0.583. The number of rotatable bonds is 5. The minimum atomic E-state index is -0.171. The molecule has 1 aromatic rings. The van der Waals surface area contributed by atoms with Crippen molar-refractivity contribution in [2.75, 3.05) is 19.8 Å². The smallest absolute Gasteiger partial charge is 0.313 e. The van der Waals surface area contributed by atoms with Crippen LogP contribution in [0.4, 0.5) is 0 Å². The maximum Gasteiger partial charge on any atom is 0.313 e. The molecule has 5 heteroatoms. The van der Waals surface area contributed by atoms with Crippen LogP contribution in [0.3, 0.4) is 0 Å². The average molecular weight is 255 g/mol. The first-order valence-corrected chi connectivity index (χ1v) is 6.69. The van der Waals surface area contributed by atoms with Crippen molar-refractivity contribution in [3.05, 3.63) is 22.4 Å². The zero-order valence-electron chi connectivity index (χ0n) is 9.85. The van der Waals surface area contributed by atoms with Gasteiger partial charge < -0.3 is 14.8 Å². The second kappa shape index (κ2) is 6.14. The molecule has 2 unspecified atom stereocenters. The van der Waals surface area contributed by atoms with Gasteiger partial charge >= 0.3 is 5.97 Å². The van der Waals surface area contributed by atoms with E-state index in [1.165, 1.54) is 0 Å². The third-order valence-corrected chi connectivity index (χ3v) is 3.64. The molecule has 0 saturated carbocycles. The largest absolute Gasteiger partial charge is 0.460 e. The first-order chi connectivity index (χ1) is 8.31. The molecule has 0 spiro atoms. The van der Waals surface area contributed by atoms with Gasteiger partial charge in [-0.25, -0.2) is 0 Å². The van der Waals surface area contributed by atoms with Crippen LogP contribution in [0.1, 0.15) is 11.8 Å². The Balaban J connectivity index is 1.82. The van der Waals surface area contributed by atoms with Crippen molar-refractivity contribution in [2.24, 2.45) is 5.92 Å². The van der Waals surface area contributed by atoms with Crippen LogP contribution < -0.4 is 5.32 Å². The van der Waals surface area contributed by atoms with Crippen molar-refractivity contribution in [3.8, 4) is 0 Å². The van der Waals surface area contributed by atoms with Crippen LogP contribution in [0.15, 0.2) is 17.5 Å². The summed E-state index contributed by atoms with van der Waals surface area (Å²) in [7, 11) is 0. The Labute approximate surface area is 105 Å². The third-order valence-electron chi connectivity index (χ3n) is 2.79. The molecular weight excluding hydrogens is 238 g/mol. The van der Waals surface area contributed by atoms with Crippen LogP contribution in [0, 0.1) is 5.92 Å². The molecule has 17 heavy (non-hydrogen) atoms. The number of carbonyl (C=O) groups is 1. The summed E-state index contributed by atoms with van der Waals surface area (Å²) in [6, 6.07) is 4.01. The number of nitrogens with one attached hydrogen (secondary N) is 1. The lowest BCUT2D eigenvalue weighted by molar-refractivity contribution is -0.150. The van der Waals surface area contributed by atoms with Gasteiger partial charge in [0.15, 0.2) is 0 Å². The zero-order chi connectivity index (χ0) is 12.1. The molecule has 1 N–H and O–H groups in total. The SMILES string of the molecule is CCNC1COCC1C(=O)OCc1cccs1. The summed E-state index contributed by atoms with van der Waals surface area (Å²) in [4.78, 5) is 13.0. The molecule has 2 atom stereocenters. The fourth-order valence-electron chi connectivity index (χ4n) is 1.89. The molecule has 1 saturated heterocycles. The highest BCUT2D eigenvalue weighted by molar-refractivity contribution is 7.09. The van der Waals surface area contributed by atoms with Gasteiger partial charge in [-0.2, -0.15) is 0 Å². The predicted molar refractivity (Wildman–Crippen MR) is 65.9 cm³/mol. The Hall–Kier alpha value is -0.910. The van der Waals surface area contributed by atoms with Gasteiger partial charge in [-0.15, -0.1) is 11.3 Å². The van der Waals surface area contributed by atoms with Crippen molar-refractivity contribution in [1.29, 1.82) is 0 Å². The topological polar surface area (TPSA) is 47.6 Å². The highest BCUT2D eigenvalue weighted by Crippen LogP contribution is 2.17. The Kier molecular flexibility index (Phi) is 4.53. The number of hydrogen-bond donors (Lipinski definition) is 1. The van der Waals surface area contributed by atoms with E-state index >= 15 is 0 Å².